The van der Waals surface area contributed by atoms with E-state index in [4.69, 9.17) is 21.4 Å². The van der Waals surface area contributed by atoms with E-state index in [9.17, 15) is 4.79 Å². The molecule has 0 amide bonds. The molecule has 1 aromatic rings. The fourth-order valence-electron chi connectivity index (χ4n) is 1.92. The lowest BCUT2D eigenvalue weighted by atomic mass is 10.1. The predicted molar refractivity (Wildman–Crippen MR) is 72.8 cm³/mol. The Balaban J connectivity index is 3.03. The van der Waals surface area contributed by atoms with E-state index in [-0.39, 0.29) is 11.6 Å². The number of carbonyl (C=O) groups is 1. The Hall–Kier alpha value is -1.26. The Morgan fingerprint density at radius 2 is 2.22 bits per heavy atom. The summed E-state index contributed by atoms with van der Waals surface area (Å²) in [7, 11) is 1.65. The van der Waals surface area contributed by atoms with E-state index in [1.807, 2.05) is 13.8 Å². The molecule has 0 bridgehead atoms. The molecular weight excluding hydrogens is 254 g/mol. The van der Waals surface area contributed by atoms with Gasteiger partial charge in [-0.3, -0.25) is 0 Å². The van der Waals surface area contributed by atoms with Crippen molar-refractivity contribution in [3.63, 3.8) is 0 Å². The highest BCUT2D eigenvalue weighted by atomic mass is 35.5. The molecule has 0 heterocycles. The largest absolute Gasteiger partial charge is 0.478 e. The Kier molecular flexibility index (Phi) is 5.44. The highest BCUT2D eigenvalue weighted by molar-refractivity contribution is 6.33. The predicted octanol–water partition coefficient (Wildman–Crippen LogP) is 2.90. The van der Waals surface area contributed by atoms with Crippen LogP contribution in [0.15, 0.2) is 18.2 Å². The summed E-state index contributed by atoms with van der Waals surface area (Å²) in [6.45, 7) is 5.42. The molecule has 1 atom stereocenters. The summed E-state index contributed by atoms with van der Waals surface area (Å²) >= 11 is 6.15. The van der Waals surface area contributed by atoms with E-state index in [1.165, 1.54) is 6.07 Å². The van der Waals surface area contributed by atoms with Gasteiger partial charge in [0.25, 0.3) is 0 Å². The standard InChI is InChI=1S/C13H18ClNO3/c1-4-15(9(2)8-18-3)12-6-5-10(13(16)17)7-11(12)14/h5-7,9H,4,8H2,1-3H3,(H,16,17). The van der Waals surface area contributed by atoms with Crippen LogP contribution in [-0.4, -0.2) is 37.4 Å². The SMILES string of the molecule is CCN(c1ccc(C(=O)O)cc1Cl)C(C)COC. The lowest BCUT2D eigenvalue weighted by Gasteiger charge is -2.30. The second kappa shape index (κ2) is 6.61. The number of likely N-dealkylation sites (N-methyl/N-ethyl adjacent to an activating group) is 1. The number of nitrogens with zero attached hydrogens (tertiary/aromatic N) is 1. The summed E-state index contributed by atoms with van der Waals surface area (Å²) in [5.41, 5.74) is 1.02. The third kappa shape index (κ3) is 3.37. The lowest BCUT2D eigenvalue weighted by molar-refractivity contribution is 0.0697. The Bertz CT molecular complexity index is 423. The maximum absolute atomic E-state index is 10.8. The Morgan fingerprint density at radius 3 is 2.67 bits per heavy atom. The summed E-state index contributed by atoms with van der Waals surface area (Å²) in [5.74, 6) is -0.976. The van der Waals surface area contributed by atoms with Gasteiger partial charge in [0.05, 0.1) is 22.9 Å². The zero-order valence-electron chi connectivity index (χ0n) is 10.8. The van der Waals surface area contributed by atoms with Gasteiger partial charge in [0.1, 0.15) is 0 Å². The van der Waals surface area contributed by atoms with Crippen LogP contribution in [0.4, 0.5) is 5.69 Å². The minimum atomic E-state index is -0.976. The van der Waals surface area contributed by atoms with E-state index in [0.29, 0.717) is 11.6 Å². The van der Waals surface area contributed by atoms with Crippen LogP contribution in [0.25, 0.3) is 0 Å². The zero-order valence-corrected chi connectivity index (χ0v) is 11.6. The summed E-state index contributed by atoms with van der Waals surface area (Å²) in [4.78, 5) is 12.9. The Labute approximate surface area is 112 Å². The van der Waals surface area contributed by atoms with Crippen molar-refractivity contribution in [2.24, 2.45) is 0 Å². The number of ether oxygens (including phenoxy) is 1. The number of hydrogen-bond acceptors (Lipinski definition) is 3. The highest BCUT2D eigenvalue weighted by Gasteiger charge is 2.16. The van der Waals surface area contributed by atoms with Crippen LogP contribution >= 0.6 is 11.6 Å². The number of anilines is 1. The molecule has 1 N–H and O–H groups in total. The van der Waals surface area contributed by atoms with E-state index < -0.39 is 5.97 Å². The van der Waals surface area contributed by atoms with Crippen LogP contribution in [0.2, 0.25) is 5.02 Å². The molecule has 0 aliphatic heterocycles. The van der Waals surface area contributed by atoms with Crippen molar-refractivity contribution in [3.8, 4) is 0 Å². The summed E-state index contributed by atoms with van der Waals surface area (Å²) < 4.78 is 5.13. The molecule has 0 aliphatic rings. The van der Waals surface area contributed by atoms with Gasteiger partial charge >= 0.3 is 5.97 Å². The van der Waals surface area contributed by atoms with Gasteiger partial charge in [-0.15, -0.1) is 0 Å². The van der Waals surface area contributed by atoms with Crippen molar-refractivity contribution in [2.45, 2.75) is 19.9 Å². The van der Waals surface area contributed by atoms with Crippen LogP contribution in [-0.2, 0) is 4.74 Å². The first kappa shape index (κ1) is 14.8. The molecule has 0 radical (unpaired) electrons. The van der Waals surface area contributed by atoms with E-state index in [2.05, 4.69) is 4.90 Å². The Morgan fingerprint density at radius 1 is 1.56 bits per heavy atom. The maximum Gasteiger partial charge on any atom is 0.335 e. The second-order valence-corrected chi connectivity index (χ2v) is 4.47. The van der Waals surface area contributed by atoms with E-state index in [0.717, 1.165) is 12.2 Å². The number of rotatable bonds is 6. The molecule has 0 spiro atoms. The molecule has 5 heteroatoms. The van der Waals surface area contributed by atoms with Gasteiger partial charge in [0, 0.05) is 19.7 Å². The molecule has 1 unspecified atom stereocenters. The van der Waals surface area contributed by atoms with Crippen LogP contribution in [0.3, 0.4) is 0 Å². The van der Waals surface area contributed by atoms with Gasteiger partial charge in [-0.25, -0.2) is 4.79 Å². The van der Waals surface area contributed by atoms with Crippen molar-refractivity contribution >= 4 is 23.3 Å². The minimum Gasteiger partial charge on any atom is -0.478 e. The first-order valence-corrected chi connectivity index (χ1v) is 6.17. The number of benzene rings is 1. The van der Waals surface area contributed by atoms with Crippen molar-refractivity contribution in [3.05, 3.63) is 28.8 Å². The first-order valence-electron chi connectivity index (χ1n) is 5.79. The molecular formula is C13H18ClNO3. The average molecular weight is 272 g/mol. The van der Waals surface area contributed by atoms with Crippen LogP contribution in [0.5, 0.6) is 0 Å². The van der Waals surface area contributed by atoms with Crippen molar-refractivity contribution in [1.82, 2.24) is 0 Å². The monoisotopic (exact) mass is 271 g/mol. The minimum absolute atomic E-state index is 0.174. The lowest BCUT2D eigenvalue weighted by Crippen LogP contribution is -2.36. The van der Waals surface area contributed by atoms with Gasteiger partial charge in [-0.2, -0.15) is 0 Å². The number of halogens is 1. The molecule has 4 nitrogen and oxygen atoms in total. The smallest absolute Gasteiger partial charge is 0.335 e. The second-order valence-electron chi connectivity index (χ2n) is 4.06. The molecule has 0 aliphatic carbocycles. The topological polar surface area (TPSA) is 49.8 Å². The maximum atomic E-state index is 10.8. The van der Waals surface area contributed by atoms with Crippen molar-refractivity contribution in [2.75, 3.05) is 25.2 Å². The highest BCUT2D eigenvalue weighted by Crippen LogP contribution is 2.28. The van der Waals surface area contributed by atoms with Gasteiger partial charge < -0.3 is 14.7 Å². The molecule has 100 valence electrons. The summed E-state index contributed by atoms with van der Waals surface area (Å²) in [5, 5.41) is 9.34. The molecule has 0 aromatic heterocycles. The van der Waals surface area contributed by atoms with Crippen LogP contribution in [0, 0.1) is 0 Å². The van der Waals surface area contributed by atoms with Gasteiger partial charge in [0.2, 0.25) is 0 Å². The number of carboxylic acids is 1. The molecule has 0 saturated carbocycles. The molecule has 1 rings (SSSR count). The summed E-state index contributed by atoms with van der Waals surface area (Å²) in [6.07, 6.45) is 0. The fraction of sp³-hybridized carbons (Fsp3) is 0.462. The molecule has 0 saturated heterocycles. The average Bonchev–Trinajstić information content (AvgIpc) is 2.32. The van der Waals surface area contributed by atoms with Gasteiger partial charge in [-0.05, 0) is 32.0 Å². The third-order valence-electron chi connectivity index (χ3n) is 2.78. The van der Waals surface area contributed by atoms with Crippen LogP contribution in [0.1, 0.15) is 24.2 Å². The fourth-order valence-corrected chi connectivity index (χ4v) is 2.21. The van der Waals surface area contributed by atoms with E-state index in [1.54, 1.807) is 19.2 Å². The third-order valence-corrected chi connectivity index (χ3v) is 3.09. The summed E-state index contributed by atoms with van der Waals surface area (Å²) in [6, 6.07) is 4.95. The van der Waals surface area contributed by atoms with Gasteiger partial charge in [-0.1, -0.05) is 11.6 Å². The number of methoxy groups -OCH3 is 1. The normalized spacial score (nSPS) is 12.2. The van der Waals surface area contributed by atoms with Crippen molar-refractivity contribution < 1.29 is 14.6 Å². The zero-order chi connectivity index (χ0) is 13.7. The number of aromatic carboxylic acids is 1. The molecule has 1 aromatic carbocycles. The number of hydrogen-bond donors (Lipinski definition) is 1. The van der Waals surface area contributed by atoms with E-state index >= 15 is 0 Å². The molecule has 18 heavy (non-hydrogen) atoms. The first-order chi connectivity index (χ1) is 8.51. The van der Waals surface area contributed by atoms with Crippen molar-refractivity contribution in [1.29, 1.82) is 0 Å². The molecule has 0 fully saturated rings. The number of carboxylic acid groups (broad SMARTS) is 1. The van der Waals surface area contributed by atoms with Gasteiger partial charge in [0.15, 0.2) is 0 Å². The quantitative estimate of drug-likeness (QED) is 0.864. The van der Waals surface area contributed by atoms with Crippen LogP contribution < -0.4 is 4.90 Å².